The van der Waals surface area contributed by atoms with Crippen LogP contribution in [0.4, 0.5) is 0 Å². The number of likely N-dealkylation sites (tertiary alicyclic amines) is 1. The van der Waals surface area contributed by atoms with E-state index in [1.165, 1.54) is 11.9 Å². The number of hydrogen-bond acceptors (Lipinski definition) is 6. The number of carbonyl (C=O) groups excluding carboxylic acids is 3. The van der Waals surface area contributed by atoms with Gasteiger partial charge in [0, 0.05) is 13.1 Å². The third kappa shape index (κ3) is 3.17. The average Bonchev–Trinajstić information content (AvgIpc) is 3.11. The maximum Gasteiger partial charge on any atom is 0.327 e. The summed E-state index contributed by atoms with van der Waals surface area (Å²) in [5.74, 6) is -1.65. The summed E-state index contributed by atoms with van der Waals surface area (Å²) in [6.45, 7) is 3.96. The average molecular weight is 391 g/mol. The van der Waals surface area contributed by atoms with Crippen molar-refractivity contribution in [3.63, 3.8) is 0 Å². The largest absolute Gasteiger partial charge is 0.465 e. The fourth-order valence-corrected chi connectivity index (χ4v) is 4.87. The third-order valence-corrected chi connectivity index (χ3v) is 6.23. The van der Waals surface area contributed by atoms with E-state index in [1.807, 2.05) is 37.4 Å². The van der Waals surface area contributed by atoms with Crippen molar-refractivity contribution >= 4 is 29.5 Å². The number of hydrogen-bond donors (Lipinski definition) is 1. The zero-order valence-corrected chi connectivity index (χ0v) is 17.0. The van der Waals surface area contributed by atoms with Crippen LogP contribution < -0.4 is 5.32 Å². The summed E-state index contributed by atoms with van der Waals surface area (Å²) in [7, 11) is 1.50. The first-order chi connectivity index (χ1) is 12.9. The van der Waals surface area contributed by atoms with Crippen molar-refractivity contribution in [2.75, 3.05) is 25.7 Å². The number of aryl methyl sites for hydroxylation is 1. The summed E-state index contributed by atoms with van der Waals surface area (Å²) >= 11 is 1.60. The molecule has 2 amide bonds. The third-order valence-electron chi connectivity index (χ3n) is 5.62. The lowest BCUT2D eigenvalue weighted by molar-refractivity contribution is -0.156. The molecule has 7 heteroatoms. The van der Waals surface area contributed by atoms with Crippen LogP contribution in [0.25, 0.3) is 0 Å². The second-order valence-electron chi connectivity index (χ2n) is 7.21. The topological polar surface area (TPSA) is 75.7 Å². The fourth-order valence-electron chi connectivity index (χ4n) is 4.34. The Balaban J connectivity index is 2.12. The van der Waals surface area contributed by atoms with Crippen molar-refractivity contribution in [3.05, 3.63) is 35.4 Å². The van der Waals surface area contributed by atoms with Crippen LogP contribution in [0, 0.1) is 18.8 Å². The molecule has 2 aliphatic heterocycles. The number of fused-ring (bicyclic) bond motifs is 1. The van der Waals surface area contributed by atoms with Crippen molar-refractivity contribution in [1.29, 1.82) is 0 Å². The highest BCUT2D eigenvalue weighted by molar-refractivity contribution is 7.98. The van der Waals surface area contributed by atoms with Crippen molar-refractivity contribution in [1.82, 2.24) is 10.2 Å². The normalized spacial score (nSPS) is 29.9. The van der Waals surface area contributed by atoms with Gasteiger partial charge < -0.3 is 4.74 Å². The van der Waals surface area contributed by atoms with Gasteiger partial charge >= 0.3 is 5.97 Å². The van der Waals surface area contributed by atoms with E-state index in [9.17, 15) is 14.4 Å². The van der Waals surface area contributed by atoms with Crippen LogP contribution in [-0.2, 0) is 19.1 Å². The van der Waals surface area contributed by atoms with Crippen LogP contribution >= 0.6 is 11.8 Å². The van der Waals surface area contributed by atoms with Gasteiger partial charge in [-0.05, 0) is 37.8 Å². The minimum absolute atomic E-state index is 0.228. The molecule has 1 N–H and O–H groups in total. The van der Waals surface area contributed by atoms with Crippen LogP contribution in [0.3, 0.4) is 0 Å². The molecule has 0 aromatic heterocycles. The van der Waals surface area contributed by atoms with E-state index in [2.05, 4.69) is 5.32 Å². The fraction of sp³-hybridized carbons (Fsp3) is 0.550. The van der Waals surface area contributed by atoms with E-state index in [0.717, 1.165) is 11.1 Å². The summed E-state index contributed by atoms with van der Waals surface area (Å²) in [5.41, 5.74) is 0.792. The Hall–Kier alpha value is -1.86. The molecule has 2 heterocycles. The number of thioether (sulfide) groups is 1. The first-order valence-corrected chi connectivity index (χ1v) is 10.6. The zero-order chi connectivity index (χ0) is 19.8. The molecule has 0 saturated carbocycles. The first kappa shape index (κ1) is 19.9. The predicted octanol–water partition coefficient (Wildman–Crippen LogP) is 1.93. The predicted molar refractivity (Wildman–Crippen MR) is 104 cm³/mol. The number of esters is 1. The molecular weight excluding hydrogens is 364 g/mol. The summed E-state index contributed by atoms with van der Waals surface area (Å²) in [4.78, 5) is 40.1. The Morgan fingerprint density at radius 2 is 2.07 bits per heavy atom. The molecule has 2 aliphatic rings. The van der Waals surface area contributed by atoms with Gasteiger partial charge in [-0.3, -0.25) is 24.6 Å². The summed E-state index contributed by atoms with van der Waals surface area (Å²) in [5, 5.41) is 3.39. The SMILES string of the molecule is CCOC(=O)[C@]1(CCSC)N[C@@H](c2cccc(C)c2)[C@H]2C(=O)N(C)C(=O)[C@@H]21. The molecule has 0 unspecified atom stereocenters. The maximum atomic E-state index is 13.0. The van der Waals surface area contributed by atoms with Gasteiger partial charge in [-0.15, -0.1) is 0 Å². The molecule has 0 spiro atoms. The molecule has 3 rings (SSSR count). The molecule has 0 radical (unpaired) electrons. The van der Waals surface area contributed by atoms with E-state index in [4.69, 9.17) is 4.74 Å². The number of amides is 2. The minimum Gasteiger partial charge on any atom is -0.465 e. The van der Waals surface area contributed by atoms with E-state index in [1.54, 1.807) is 18.7 Å². The molecule has 1 aromatic rings. The number of ether oxygens (including phenoxy) is 1. The van der Waals surface area contributed by atoms with Crippen LogP contribution in [0.1, 0.15) is 30.5 Å². The van der Waals surface area contributed by atoms with E-state index < -0.39 is 29.4 Å². The number of rotatable bonds is 6. The number of carbonyl (C=O) groups is 3. The van der Waals surface area contributed by atoms with Crippen molar-refractivity contribution < 1.29 is 19.1 Å². The number of imide groups is 1. The molecular formula is C20H26N2O4S. The smallest absolute Gasteiger partial charge is 0.327 e. The highest BCUT2D eigenvalue weighted by Gasteiger charge is 2.67. The number of nitrogens with one attached hydrogen (secondary N) is 1. The molecule has 2 saturated heterocycles. The zero-order valence-electron chi connectivity index (χ0n) is 16.2. The van der Waals surface area contributed by atoms with Crippen molar-refractivity contribution in [2.24, 2.45) is 11.8 Å². The summed E-state index contributed by atoms with van der Waals surface area (Å²) < 4.78 is 5.37. The van der Waals surface area contributed by atoms with Crippen LogP contribution in [0.5, 0.6) is 0 Å². The molecule has 1 aromatic carbocycles. The molecule has 27 heavy (non-hydrogen) atoms. The van der Waals surface area contributed by atoms with Gasteiger partial charge in [-0.25, -0.2) is 0 Å². The molecule has 0 bridgehead atoms. The van der Waals surface area contributed by atoms with E-state index >= 15 is 0 Å². The second kappa shape index (κ2) is 7.64. The van der Waals surface area contributed by atoms with Gasteiger partial charge in [-0.1, -0.05) is 29.8 Å². The lowest BCUT2D eigenvalue weighted by atomic mass is 9.77. The highest BCUT2D eigenvalue weighted by Crippen LogP contribution is 2.50. The van der Waals surface area contributed by atoms with Crippen molar-refractivity contribution in [3.8, 4) is 0 Å². The molecule has 6 nitrogen and oxygen atoms in total. The Morgan fingerprint density at radius 1 is 1.33 bits per heavy atom. The summed E-state index contributed by atoms with van der Waals surface area (Å²) in [6.07, 6.45) is 2.39. The minimum atomic E-state index is -1.18. The van der Waals surface area contributed by atoms with Gasteiger partial charge in [0.2, 0.25) is 11.8 Å². The quantitative estimate of drug-likeness (QED) is 0.591. The van der Waals surface area contributed by atoms with E-state index in [-0.39, 0.29) is 18.4 Å². The number of benzene rings is 1. The standard InChI is InChI=1S/C20H26N2O4S/c1-5-26-19(25)20(9-10-27-4)15-14(17(23)22(3)18(15)24)16(21-20)13-8-6-7-12(2)11-13/h6-8,11,14-16,21H,5,9-10H2,1-4H3/t14-,15+,16-,20+/m0/s1. The van der Waals surface area contributed by atoms with Crippen LogP contribution in [-0.4, -0.2) is 53.9 Å². The second-order valence-corrected chi connectivity index (χ2v) is 8.20. The van der Waals surface area contributed by atoms with Crippen LogP contribution in [0.15, 0.2) is 24.3 Å². The monoisotopic (exact) mass is 390 g/mol. The molecule has 2 fully saturated rings. The maximum absolute atomic E-state index is 13.0. The summed E-state index contributed by atoms with van der Waals surface area (Å²) in [6, 6.07) is 7.45. The highest BCUT2D eigenvalue weighted by atomic mass is 32.2. The first-order valence-electron chi connectivity index (χ1n) is 9.19. The molecule has 0 aliphatic carbocycles. The Labute approximate surface area is 164 Å². The molecule has 4 atom stereocenters. The Morgan fingerprint density at radius 3 is 2.70 bits per heavy atom. The van der Waals surface area contributed by atoms with Gasteiger partial charge in [0.15, 0.2) is 0 Å². The van der Waals surface area contributed by atoms with Gasteiger partial charge in [0.25, 0.3) is 0 Å². The lowest BCUT2D eigenvalue weighted by Gasteiger charge is -2.32. The Bertz CT molecular complexity index is 768. The van der Waals surface area contributed by atoms with Crippen LogP contribution in [0.2, 0.25) is 0 Å². The van der Waals surface area contributed by atoms with Gasteiger partial charge in [0.05, 0.1) is 18.4 Å². The molecule has 146 valence electrons. The number of nitrogens with zero attached hydrogens (tertiary/aromatic N) is 1. The van der Waals surface area contributed by atoms with Crippen molar-refractivity contribution in [2.45, 2.75) is 31.8 Å². The van der Waals surface area contributed by atoms with E-state index in [0.29, 0.717) is 12.2 Å². The lowest BCUT2D eigenvalue weighted by Crippen LogP contribution is -2.56. The van der Waals surface area contributed by atoms with Gasteiger partial charge in [-0.2, -0.15) is 11.8 Å². The van der Waals surface area contributed by atoms with Gasteiger partial charge in [0.1, 0.15) is 5.54 Å². The Kier molecular flexibility index (Phi) is 5.63.